The summed E-state index contributed by atoms with van der Waals surface area (Å²) in [5, 5.41) is 14.3. The van der Waals surface area contributed by atoms with Gasteiger partial charge in [0.05, 0.1) is 25.0 Å². The van der Waals surface area contributed by atoms with E-state index in [1.54, 1.807) is 24.3 Å². The number of hydrogen-bond donors (Lipinski definition) is 3. The minimum Gasteiger partial charge on any atom is -0.481 e. The molecule has 0 saturated carbocycles. The molecule has 1 fully saturated rings. The van der Waals surface area contributed by atoms with Crippen LogP contribution in [0.4, 0.5) is 10.5 Å². The van der Waals surface area contributed by atoms with Crippen LogP contribution in [0.3, 0.4) is 0 Å². The van der Waals surface area contributed by atoms with Crippen LogP contribution in [-0.4, -0.2) is 34.5 Å². The summed E-state index contributed by atoms with van der Waals surface area (Å²) in [7, 11) is 0. The number of carbonyl (C=O) groups is 3. The first kappa shape index (κ1) is 23.0. The van der Waals surface area contributed by atoms with E-state index in [2.05, 4.69) is 10.6 Å². The number of urea groups is 1. The first-order valence-electron chi connectivity index (χ1n) is 11.3. The minimum absolute atomic E-state index is 0.0588. The number of carbonyl (C=O) groups excluding carboxylic acids is 2. The van der Waals surface area contributed by atoms with Crippen molar-refractivity contribution in [1.82, 2.24) is 10.2 Å². The fourth-order valence-electron chi connectivity index (χ4n) is 4.52. The Bertz CT molecular complexity index is 1100. The molecule has 1 aliphatic rings. The molecule has 1 heterocycles. The smallest absolute Gasteiger partial charge is 0.319 e. The zero-order valence-electron chi connectivity index (χ0n) is 18.7. The molecule has 3 aromatic carbocycles. The summed E-state index contributed by atoms with van der Waals surface area (Å²) in [6, 6.07) is 25.9. The fraction of sp³-hybridized carbons (Fsp3) is 0.222. The molecular formula is C27H27N3O4. The van der Waals surface area contributed by atoms with E-state index in [0.29, 0.717) is 11.3 Å². The number of amides is 3. The van der Waals surface area contributed by atoms with E-state index in [9.17, 15) is 14.4 Å². The highest BCUT2D eigenvalue weighted by atomic mass is 16.4. The second kappa shape index (κ2) is 10.7. The van der Waals surface area contributed by atoms with Crippen molar-refractivity contribution in [3.05, 3.63) is 102 Å². The highest BCUT2D eigenvalue weighted by Crippen LogP contribution is 2.43. The maximum Gasteiger partial charge on any atom is 0.319 e. The average molecular weight is 458 g/mol. The summed E-state index contributed by atoms with van der Waals surface area (Å²) in [6.07, 6.45) is 1.56. The lowest BCUT2D eigenvalue weighted by molar-refractivity contribution is -0.136. The van der Waals surface area contributed by atoms with Crippen molar-refractivity contribution in [3.63, 3.8) is 0 Å². The van der Waals surface area contributed by atoms with E-state index in [-0.39, 0.29) is 31.0 Å². The van der Waals surface area contributed by atoms with Gasteiger partial charge in [-0.3, -0.25) is 9.59 Å². The Balaban J connectivity index is 1.44. The Morgan fingerprint density at radius 3 is 1.97 bits per heavy atom. The molecule has 3 amide bonds. The Morgan fingerprint density at radius 1 is 0.824 bits per heavy atom. The largest absolute Gasteiger partial charge is 0.481 e. The third-order valence-corrected chi connectivity index (χ3v) is 5.98. The number of nitrogens with one attached hydrogen (secondary N) is 2. The summed E-state index contributed by atoms with van der Waals surface area (Å²) in [4.78, 5) is 38.6. The predicted octanol–water partition coefficient (Wildman–Crippen LogP) is 4.54. The number of benzene rings is 3. The number of nitrogens with zero attached hydrogens (tertiary/aromatic N) is 1. The van der Waals surface area contributed by atoms with Crippen molar-refractivity contribution in [1.29, 1.82) is 0 Å². The number of likely N-dealkylation sites (tertiary alicyclic amines) is 1. The zero-order valence-corrected chi connectivity index (χ0v) is 18.7. The lowest BCUT2D eigenvalue weighted by Crippen LogP contribution is -2.42. The second-order valence-corrected chi connectivity index (χ2v) is 8.31. The molecule has 0 bridgehead atoms. The average Bonchev–Trinajstić information content (AvgIpc) is 3.29. The van der Waals surface area contributed by atoms with E-state index < -0.39 is 12.0 Å². The normalized spacial score (nSPS) is 17.2. The summed E-state index contributed by atoms with van der Waals surface area (Å²) in [6.45, 7) is -0.146. The monoisotopic (exact) mass is 457 g/mol. The molecule has 1 aliphatic heterocycles. The van der Waals surface area contributed by atoms with Crippen molar-refractivity contribution >= 4 is 23.6 Å². The summed E-state index contributed by atoms with van der Waals surface area (Å²) in [5.41, 5.74) is 3.20. The molecule has 0 aliphatic carbocycles. The molecule has 3 N–H and O–H groups in total. The van der Waals surface area contributed by atoms with Gasteiger partial charge in [-0.2, -0.15) is 0 Å². The van der Waals surface area contributed by atoms with Gasteiger partial charge >= 0.3 is 12.0 Å². The van der Waals surface area contributed by atoms with Crippen molar-refractivity contribution < 1.29 is 19.5 Å². The second-order valence-electron chi connectivity index (χ2n) is 8.31. The molecule has 4 rings (SSSR count). The number of hydrogen-bond acceptors (Lipinski definition) is 3. The van der Waals surface area contributed by atoms with Gasteiger partial charge < -0.3 is 20.6 Å². The third-order valence-electron chi connectivity index (χ3n) is 5.98. The molecule has 34 heavy (non-hydrogen) atoms. The Kier molecular flexibility index (Phi) is 7.22. The van der Waals surface area contributed by atoms with Crippen LogP contribution in [0, 0.1) is 0 Å². The third kappa shape index (κ3) is 5.61. The van der Waals surface area contributed by atoms with Crippen LogP contribution in [0.5, 0.6) is 0 Å². The van der Waals surface area contributed by atoms with E-state index in [0.717, 1.165) is 24.0 Å². The lowest BCUT2D eigenvalue weighted by atomic mass is 10.0. The van der Waals surface area contributed by atoms with Gasteiger partial charge in [0.2, 0.25) is 5.91 Å². The topological polar surface area (TPSA) is 98.7 Å². The summed E-state index contributed by atoms with van der Waals surface area (Å²) < 4.78 is 0. The van der Waals surface area contributed by atoms with Crippen LogP contribution in [-0.2, 0) is 16.0 Å². The number of anilines is 1. The molecule has 3 aromatic rings. The predicted molar refractivity (Wildman–Crippen MR) is 129 cm³/mol. The van der Waals surface area contributed by atoms with Gasteiger partial charge in [-0.15, -0.1) is 0 Å². The Morgan fingerprint density at radius 2 is 1.41 bits per heavy atom. The summed E-state index contributed by atoms with van der Waals surface area (Å²) >= 11 is 0. The number of rotatable bonds is 7. The Hall–Kier alpha value is -4.13. The molecule has 1 saturated heterocycles. The minimum atomic E-state index is -0.946. The van der Waals surface area contributed by atoms with Gasteiger partial charge in [-0.05, 0) is 41.7 Å². The molecule has 2 atom stereocenters. The highest BCUT2D eigenvalue weighted by Gasteiger charge is 2.38. The lowest BCUT2D eigenvalue weighted by Gasteiger charge is -2.31. The summed E-state index contributed by atoms with van der Waals surface area (Å²) in [5.74, 6) is -1.10. The van der Waals surface area contributed by atoms with E-state index in [4.69, 9.17) is 5.11 Å². The molecule has 7 heteroatoms. The quantitative estimate of drug-likeness (QED) is 0.485. The van der Waals surface area contributed by atoms with Crippen molar-refractivity contribution in [2.24, 2.45) is 0 Å². The van der Waals surface area contributed by atoms with Crippen LogP contribution in [0.15, 0.2) is 84.9 Å². The first-order chi connectivity index (χ1) is 16.5. The highest BCUT2D eigenvalue weighted by molar-refractivity contribution is 5.92. The maximum atomic E-state index is 13.4. The maximum absolute atomic E-state index is 13.4. The van der Waals surface area contributed by atoms with Gasteiger partial charge in [-0.25, -0.2) is 4.79 Å². The van der Waals surface area contributed by atoms with Gasteiger partial charge in [0, 0.05) is 5.69 Å². The molecular weight excluding hydrogens is 430 g/mol. The van der Waals surface area contributed by atoms with Crippen LogP contribution in [0.25, 0.3) is 0 Å². The standard InChI is InChI=1S/C27H27N3O4/c31-25(18-28-27(34)29-22-13-7-8-19(16-22)17-26(32)33)30-23(20-9-3-1-4-10-20)14-15-24(30)21-11-5-2-6-12-21/h1-13,16,23-24H,14-15,17-18H2,(H,32,33)(H2,28,29,34). The zero-order chi connectivity index (χ0) is 23.9. The van der Waals surface area contributed by atoms with Crippen LogP contribution >= 0.6 is 0 Å². The molecule has 0 radical (unpaired) electrons. The van der Waals surface area contributed by atoms with Crippen LogP contribution in [0.2, 0.25) is 0 Å². The molecule has 2 unspecified atom stereocenters. The number of aliphatic carboxylic acids is 1. The molecule has 0 spiro atoms. The van der Waals surface area contributed by atoms with Gasteiger partial charge in [0.15, 0.2) is 0 Å². The Labute approximate surface area is 198 Å². The molecule has 0 aromatic heterocycles. The molecule has 7 nitrogen and oxygen atoms in total. The van der Waals surface area contributed by atoms with Gasteiger partial charge in [0.1, 0.15) is 0 Å². The fourth-order valence-corrected chi connectivity index (χ4v) is 4.52. The van der Waals surface area contributed by atoms with E-state index in [1.165, 1.54) is 0 Å². The van der Waals surface area contributed by atoms with E-state index in [1.807, 2.05) is 65.6 Å². The SMILES string of the molecule is O=C(O)Cc1cccc(NC(=O)NCC(=O)N2C(c3ccccc3)CCC2c2ccccc2)c1. The number of carboxylic acid groups (broad SMARTS) is 1. The number of carboxylic acids is 1. The van der Waals surface area contributed by atoms with Gasteiger partial charge in [0.25, 0.3) is 0 Å². The van der Waals surface area contributed by atoms with Crippen LogP contribution in [0.1, 0.15) is 41.6 Å². The van der Waals surface area contributed by atoms with Gasteiger partial charge in [-0.1, -0.05) is 72.8 Å². The van der Waals surface area contributed by atoms with Crippen LogP contribution < -0.4 is 10.6 Å². The molecule has 174 valence electrons. The van der Waals surface area contributed by atoms with E-state index >= 15 is 0 Å². The van der Waals surface area contributed by atoms with Crippen molar-refractivity contribution in [3.8, 4) is 0 Å². The van der Waals surface area contributed by atoms with Crippen molar-refractivity contribution in [2.75, 3.05) is 11.9 Å². The first-order valence-corrected chi connectivity index (χ1v) is 11.3. The van der Waals surface area contributed by atoms with Crippen molar-refractivity contribution in [2.45, 2.75) is 31.3 Å².